The van der Waals surface area contributed by atoms with Crippen LogP contribution in [0.4, 0.5) is 0 Å². The van der Waals surface area contributed by atoms with Crippen LogP contribution >= 0.6 is 0 Å². The van der Waals surface area contributed by atoms with Crippen LogP contribution in [0.3, 0.4) is 0 Å². The molecule has 0 saturated heterocycles. The van der Waals surface area contributed by atoms with Crippen molar-refractivity contribution in [2.45, 2.75) is 47.0 Å². The highest BCUT2D eigenvalue weighted by atomic mass is 14.7. The lowest BCUT2D eigenvalue weighted by Gasteiger charge is -2.22. The summed E-state index contributed by atoms with van der Waals surface area (Å²) in [5.41, 5.74) is 5.52. The number of aromatic nitrogens is 1. The SMILES string of the molecule is CCC.CCC1=CC(C)Cc2c1ccc1cccnc21. The first-order chi connectivity index (χ1) is 9.71. The molecule has 0 bridgehead atoms. The molecule has 1 atom stereocenters. The summed E-state index contributed by atoms with van der Waals surface area (Å²) in [6.45, 7) is 8.77. The lowest BCUT2D eigenvalue weighted by Crippen LogP contribution is -2.08. The van der Waals surface area contributed by atoms with Crippen molar-refractivity contribution in [3.05, 3.63) is 47.7 Å². The Morgan fingerprint density at radius 1 is 1.15 bits per heavy atom. The lowest BCUT2D eigenvalue weighted by molar-refractivity contribution is 0.713. The Morgan fingerprint density at radius 3 is 2.60 bits per heavy atom. The van der Waals surface area contributed by atoms with Crippen molar-refractivity contribution >= 4 is 16.5 Å². The fourth-order valence-corrected chi connectivity index (χ4v) is 2.84. The molecule has 20 heavy (non-hydrogen) atoms. The van der Waals surface area contributed by atoms with Crippen LogP contribution in [0.25, 0.3) is 16.5 Å². The number of fused-ring (bicyclic) bond motifs is 3. The van der Waals surface area contributed by atoms with E-state index in [0.717, 1.165) is 12.8 Å². The predicted molar refractivity (Wildman–Crippen MR) is 88.8 cm³/mol. The number of hydrogen-bond acceptors (Lipinski definition) is 1. The van der Waals surface area contributed by atoms with Crippen LogP contribution in [0.1, 0.15) is 51.7 Å². The van der Waals surface area contributed by atoms with Gasteiger partial charge in [-0.1, -0.05) is 58.4 Å². The van der Waals surface area contributed by atoms with Crippen LogP contribution in [-0.4, -0.2) is 4.98 Å². The second kappa shape index (κ2) is 6.69. The number of nitrogens with zero attached hydrogens (tertiary/aromatic N) is 1. The van der Waals surface area contributed by atoms with Gasteiger partial charge >= 0.3 is 0 Å². The van der Waals surface area contributed by atoms with Crippen molar-refractivity contribution in [3.8, 4) is 0 Å². The van der Waals surface area contributed by atoms with Gasteiger partial charge in [-0.25, -0.2) is 0 Å². The fourth-order valence-electron chi connectivity index (χ4n) is 2.84. The van der Waals surface area contributed by atoms with Gasteiger partial charge in [0.05, 0.1) is 5.52 Å². The molecule has 0 N–H and O–H groups in total. The fraction of sp³-hybridized carbons (Fsp3) is 0.421. The topological polar surface area (TPSA) is 12.9 Å². The molecule has 0 spiro atoms. The van der Waals surface area contributed by atoms with E-state index in [4.69, 9.17) is 0 Å². The van der Waals surface area contributed by atoms with E-state index in [-0.39, 0.29) is 0 Å². The van der Waals surface area contributed by atoms with Crippen LogP contribution in [0.15, 0.2) is 36.5 Å². The predicted octanol–water partition coefficient (Wildman–Crippen LogP) is 5.64. The van der Waals surface area contributed by atoms with E-state index in [1.165, 1.54) is 34.0 Å². The number of pyridine rings is 1. The van der Waals surface area contributed by atoms with Crippen LogP contribution in [-0.2, 0) is 6.42 Å². The molecule has 0 fully saturated rings. The third kappa shape index (κ3) is 2.92. The molecule has 3 rings (SSSR count). The molecule has 1 aromatic heterocycles. The summed E-state index contributed by atoms with van der Waals surface area (Å²) in [7, 11) is 0. The van der Waals surface area contributed by atoms with Crippen molar-refractivity contribution in [1.82, 2.24) is 4.98 Å². The highest BCUT2D eigenvalue weighted by Crippen LogP contribution is 2.34. The molecule has 1 aliphatic rings. The van der Waals surface area contributed by atoms with Gasteiger partial charge in [-0.05, 0) is 41.5 Å². The molecule has 0 aliphatic heterocycles. The molecule has 0 amide bonds. The molecule has 2 aromatic rings. The van der Waals surface area contributed by atoms with Crippen molar-refractivity contribution in [2.75, 3.05) is 0 Å². The Balaban J connectivity index is 0.000000452. The van der Waals surface area contributed by atoms with E-state index in [1.54, 1.807) is 0 Å². The Bertz CT molecular complexity index is 610. The molecule has 106 valence electrons. The van der Waals surface area contributed by atoms with Gasteiger partial charge in [-0.3, -0.25) is 4.98 Å². The van der Waals surface area contributed by atoms with Gasteiger partial charge in [0.1, 0.15) is 0 Å². The van der Waals surface area contributed by atoms with Crippen LogP contribution in [0.5, 0.6) is 0 Å². The molecular formula is C19H25N. The van der Waals surface area contributed by atoms with Gasteiger partial charge in [0, 0.05) is 11.6 Å². The second-order valence-corrected chi connectivity index (χ2v) is 5.60. The monoisotopic (exact) mass is 267 g/mol. The van der Waals surface area contributed by atoms with Crippen LogP contribution in [0.2, 0.25) is 0 Å². The highest BCUT2D eigenvalue weighted by molar-refractivity contribution is 5.88. The summed E-state index contributed by atoms with van der Waals surface area (Å²) in [5.74, 6) is 0.630. The summed E-state index contributed by atoms with van der Waals surface area (Å²) in [6, 6.07) is 8.62. The van der Waals surface area contributed by atoms with Gasteiger partial charge in [0.2, 0.25) is 0 Å². The van der Waals surface area contributed by atoms with Gasteiger partial charge in [0.25, 0.3) is 0 Å². The van der Waals surface area contributed by atoms with Crippen molar-refractivity contribution in [3.63, 3.8) is 0 Å². The van der Waals surface area contributed by atoms with E-state index < -0.39 is 0 Å². The molecule has 0 radical (unpaired) electrons. The average Bonchev–Trinajstić information content (AvgIpc) is 2.47. The van der Waals surface area contributed by atoms with E-state index in [2.05, 4.69) is 57.0 Å². The molecular weight excluding hydrogens is 242 g/mol. The van der Waals surface area contributed by atoms with E-state index in [1.807, 2.05) is 12.3 Å². The Morgan fingerprint density at radius 2 is 1.90 bits per heavy atom. The Kier molecular flexibility index (Phi) is 4.94. The molecule has 0 saturated carbocycles. The average molecular weight is 267 g/mol. The summed E-state index contributed by atoms with van der Waals surface area (Å²) in [4.78, 5) is 4.57. The van der Waals surface area contributed by atoms with Crippen LogP contribution < -0.4 is 0 Å². The van der Waals surface area contributed by atoms with Crippen molar-refractivity contribution in [1.29, 1.82) is 0 Å². The lowest BCUT2D eigenvalue weighted by atomic mass is 9.83. The minimum Gasteiger partial charge on any atom is -0.256 e. The summed E-state index contributed by atoms with van der Waals surface area (Å²) >= 11 is 0. The first-order valence-corrected chi connectivity index (χ1v) is 7.78. The largest absolute Gasteiger partial charge is 0.256 e. The number of rotatable bonds is 1. The zero-order valence-corrected chi connectivity index (χ0v) is 13.1. The minimum absolute atomic E-state index is 0.630. The molecule has 1 unspecified atom stereocenters. The summed E-state index contributed by atoms with van der Waals surface area (Å²) < 4.78 is 0. The molecule has 1 aliphatic carbocycles. The zero-order chi connectivity index (χ0) is 14.5. The normalized spacial score (nSPS) is 17.0. The molecule has 1 heterocycles. The van der Waals surface area contributed by atoms with Gasteiger partial charge in [-0.15, -0.1) is 0 Å². The maximum absolute atomic E-state index is 4.57. The molecule has 1 nitrogen and oxygen atoms in total. The quantitative estimate of drug-likeness (QED) is 0.652. The standard InChI is InChI=1S/C16H17N.C3H8/c1-3-12-9-11(2)10-15-14(12)7-6-13-5-4-8-17-16(13)15;1-3-2/h4-9,11H,3,10H2,1-2H3;3H2,1-2H3. The zero-order valence-electron chi connectivity index (χ0n) is 13.1. The Hall–Kier alpha value is -1.63. The Labute approximate surface area is 122 Å². The molecule has 1 heteroatoms. The highest BCUT2D eigenvalue weighted by Gasteiger charge is 2.18. The van der Waals surface area contributed by atoms with Gasteiger partial charge in [0.15, 0.2) is 0 Å². The smallest absolute Gasteiger partial charge is 0.0740 e. The third-order valence-electron chi connectivity index (χ3n) is 3.62. The minimum atomic E-state index is 0.630. The first-order valence-electron chi connectivity index (χ1n) is 7.78. The van der Waals surface area contributed by atoms with E-state index in [9.17, 15) is 0 Å². The number of allylic oxidation sites excluding steroid dienone is 2. The number of benzene rings is 1. The van der Waals surface area contributed by atoms with Crippen molar-refractivity contribution in [2.24, 2.45) is 5.92 Å². The first kappa shape index (κ1) is 14.8. The summed E-state index contributed by atoms with van der Waals surface area (Å²) in [6.07, 6.45) is 7.79. The molecule has 1 aromatic carbocycles. The van der Waals surface area contributed by atoms with E-state index in [0.29, 0.717) is 5.92 Å². The maximum atomic E-state index is 4.57. The van der Waals surface area contributed by atoms with Gasteiger partial charge in [-0.2, -0.15) is 0 Å². The van der Waals surface area contributed by atoms with Crippen molar-refractivity contribution < 1.29 is 0 Å². The third-order valence-corrected chi connectivity index (χ3v) is 3.62. The van der Waals surface area contributed by atoms with Gasteiger partial charge < -0.3 is 0 Å². The number of hydrogen-bond donors (Lipinski definition) is 0. The second-order valence-electron chi connectivity index (χ2n) is 5.60. The van der Waals surface area contributed by atoms with Crippen LogP contribution in [0, 0.1) is 5.92 Å². The summed E-state index contributed by atoms with van der Waals surface area (Å²) in [5, 5.41) is 1.26. The maximum Gasteiger partial charge on any atom is 0.0740 e. The van der Waals surface area contributed by atoms with E-state index >= 15 is 0 Å².